The second-order valence-corrected chi connectivity index (χ2v) is 5.78. The van der Waals surface area contributed by atoms with Gasteiger partial charge >= 0.3 is 12.6 Å². The summed E-state index contributed by atoms with van der Waals surface area (Å²) in [6.07, 6.45) is 1.53. The van der Waals surface area contributed by atoms with Crippen LogP contribution in [0.4, 0.5) is 18.0 Å². The third kappa shape index (κ3) is 5.94. The topological polar surface area (TPSA) is 50.8 Å². The molecule has 0 aliphatic heterocycles. The SMILES string of the molecule is C=CCN(Cc1ccccc1F)C(=O)NCc1ccc(OC)c(OC(F)F)c1. The van der Waals surface area contributed by atoms with E-state index < -0.39 is 18.5 Å². The molecule has 0 bridgehead atoms. The van der Waals surface area contributed by atoms with Crippen LogP contribution in [0.3, 0.4) is 0 Å². The fraction of sp³-hybridized carbons (Fsp3) is 0.250. The predicted molar refractivity (Wildman–Crippen MR) is 98.9 cm³/mol. The lowest BCUT2D eigenvalue weighted by atomic mass is 10.2. The van der Waals surface area contributed by atoms with E-state index in [1.54, 1.807) is 24.3 Å². The molecule has 5 nitrogen and oxygen atoms in total. The molecule has 0 unspecified atom stereocenters. The second-order valence-electron chi connectivity index (χ2n) is 5.78. The summed E-state index contributed by atoms with van der Waals surface area (Å²) in [4.78, 5) is 13.9. The number of amides is 2. The van der Waals surface area contributed by atoms with Gasteiger partial charge in [0, 0.05) is 18.7 Å². The van der Waals surface area contributed by atoms with Gasteiger partial charge in [-0.25, -0.2) is 9.18 Å². The van der Waals surface area contributed by atoms with Crippen molar-refractivity contribution in [2.75, 3.05) is 13.7 Å². The van der Waals surface area contributed by atoms with E-state index >= 15 is 0 Å². The van der Waals surface area contributed by atoms with Gasteiger partial charge in [-0.05, 0) is 23.8 Å². The molecule has 2 aromatic rings. The lowest BCUT2D eigenvalue weighted by molar-refractivity contribution is -0.0512. The van der Waals surface area contributed by atoms with Gasteiger partial charge < -0.3 is 19.7 Å². The van der Waals surface area contributed by atoms with Crippen LogP contribution in [0.25, 0.3) is 0 Å². The lowest BCUT2D eigenvalue weighted by Crippen LogP contribution is -2.39. The zero-order valence-electron chi connectivity index (χ0n) is 15.3. The van der Waals surface area contributed by atoms with Crippen molar-refractivity contribution in [2.24, 2.45) is 0 Å². The normalized spacial score (nSPS) is 10.5. The summed E-state index contributed by atoms with van der Waals surface area (Å²) in [6, 6.07) is 10.2. The number of carbonyl (C=O) groups is 1. The van der Waals surface area contributed by atoms with E-state index in [0.29, 0.717) is 11.1 Å². The molecule has 0 heterocycles. The molecular formula is C20H21F3N2O3. The van der Waals surface area contributed by atoms with E-state index in [1.807, 2.05) is 0 Å². The van der Waals surface area contributed by atoms with Crippen LogP contribution in [0.15, 0.2) is 55.1 Å². The van der Waals surface area contributed by atoms with Gasteiger partial charge in [-0.1, -0.05) is 30.3 Å². The third-order valence-electron chi connectivity index (χ3n) is 3.84. The summed E-state index contributed by atoms with van der Waals surface area (Å²) in [6.45, 7) is 0.945. The van der Waals surface area contributed by atoms with Crippen LogP contribution in [-0.2, 0) is 13.1 Å². The van der Waals surface area contributed by atoms with Crippen molar-refractivity contribution in [1.29, 1.82) is 0 Å². The van der Waals surface area contributed by atoms with Crippen LogP contribution in [0, 0.1) is 5.82 Å². The summed E-state index contributed by atoms with van der Waals surface area (Å²) in [5, 5.41) is 2.67. The number of urea groups is 1. The molecule has 2 amide bonds. The van der Waals surface area contributed by atoms with Gasteiger partial charge in [0.25, 0.3) is 0 Å². The van der Waals surface area contributed by atoms with E-state index in [4.69, 9.17) is 4.74 Å². The number of nitrogens with one attached hydrogen (secondary N) is 1. The highest BCUT2D eigenvalue weighted by molar-refractivity contribution is 5.74. The van der Waals surface area contributed by atoms with Crippen molar-refractivity contribution < 1.29 is 27.4 Å². The zero-order valence-corrected chi connectivity index (χ0v) is 15.3. The summed E-state index contributed by atoms with van der Waals surface area (Å²) < 4.78 is 48.3. The number of carbonyl (C=O) groups excluding carboxylic acids is 1. The summed E-state index contributed by atoms with van der Waals surface area (Å²) in [5.41, 5.74) is 0.908. The number of halogens is 3. The van der Waals surface area contributed by atoms with Crippen LogP contribution in [0.2, 0.25) is 0 Å². The maximum Gasteiger partial charge on any atom is 0.387 e. The van der Waals surface area contributed by atoms with Crippen molar-refractivity contribution in [3.05, 3.63) is 72.1 Å². The van der Waals surface area contributed by atoms with E-state index in [2.05, 4.69) is 16.6 Å². The smallest absolute Gasteiger partial charge is 0.387 e. The van der Waals surface area contributed by atoms with Gasteiger partial charge in [-0.2, -0.15) is 8.78 Å². The van der Waals surface area contributed by atoms with Crippen LogP contribution in [0.5, 0.6) is 11.5 Å². The number of hydrogen-bond donors (Lipinski definition) is 1. The predicted octanol–water partition coefficient (Wildman–Crippen LogP) is 4.33. The number of rotatable bonds is 9. The number of benzene rings is 2. The molecule has 0 fully saturated rings. The van der Waals surface area contributed by atoms with E-state index in [-0.39, 0.29) is 31.1 Å². The number of alkyl halides is 2. The molecule has 0 aromatic heterocycles. The Bertz CT molecular complexity index is 815. The van der Waals surface area contributed by atoms with Gasteiger partial charge in [0.05, 0.1) is 13.7 Å². The minimum absolute atomic E-state index is 0.0624. The Labute approximate surface area is 161 Å². The van der Waals surface area contributed by atoms with E-state index in [9.17, 15) is 18.0 Å². The molecular weight excluding hydrogens is 373 g/mol. The average molecular weight is 394 g/mol. The quantitative estimate of drug-likeness (QED) is 0.644. The molecule has 0 atom stereocenters. The van der Waals surface area contributed by atoms with Crippen molar-refractivity contribution in [3.63, 3.8) is 0 Å². The first-order chi connectivity index (χ1) is 13.4. The summed E-state index contributed by atoms with van der Waals surface area (Å²) in [7, 11) is 1.34. The molecule has 2 aromatic carbocycles. The standard InChI is InChI=1S/C20H21F3N2O3/c1-3-10-25(13-15-6-4-5-7-16(15)21)20(26)24-12-14-8-9-17(27-2)18(11-14)28-19(22)23/h3-9,11,19H,1,10,12-13H2,2H3,(H,24,26). The molecule has 0 radical (unpaired) electrons. The van der Waals surface area contributed by atoms with Crippen molar-refractivity contribution in [1.82, 2.24) is 10.2 Å². The molecule has 150 valence electrons. The molecule has 0 aliphatic carbocycles. The Balaban J connectivity index is 2.05. The largest absolute Gasteiger partial charge is 0.493 e. The Kier molecular flexibility index (Phi) is 7.74. The number of ether oxygens (including phenoxy) is 2. The van der Waals surface area contributed by atoms with Crippen molar-refractivity contribution in [2.45, 2.75) is 19.7 Å². The highest BCUT2D eigenvalue weighted by Gasteiger charge is 2.16. The molecule has 28 heavy (non-hydrogen) atoms. The summed E-state index contributed by atoms with van der Waals surface area (Å²) in [5.74, 6) is -0.380. The highest BCUT2D eigenvalue weighted by Crippen LogP contribution is 2.29. The van der Waals surface area contributed by atoms with Gasteiger partial charge in [0.1, 0.15) is 5.82 Å². The second kappa shape index (κ2) is 10.2. The Morgan fingerprint density at radius 3 is 2.64 bits per heavy atom. The molecule has 2 rings (SSSR count). The van der Waals surface area contributed by atoms with Crippen LogP contribution >= 0.6 is 0 Å². The first-order valence-electron chi connectivity index (χ1n) is 8.43. The first-order valence-corrected chi connectivity index (χ1v) is 8.43. The minimum atomic E-state index is -3.00. The Morgan fingerprint density at radius 2 is 2.00 bits per heavy atom. The van der Waals surface area contributed by atoms with Crippen molar-refractivity contribution in [3.8, 4) is 11.5 Å². The monoisotopic (exact) mass is 394 g/mol. The fourth-order valence-electron chi connectivity index (χ4n) is 2.52. The third-order valence-corrected chi connectivity index (χ3v) is 3.84. The van der Waals surface area contributed by atoms with Crippen LogP contribution in [0.1, 0.15) is 11.1 Å². The molecule has 0 aliphatic rings. The maximum absolute atomic E-state index is 13.9. The van der Waals surface area contributed by atoms with E-state index in [0.717, 1.165) is 0 Å². The first kappa shape index (κ1) is 21.1. The van der Waals surface area contributed by atoms with Gasteiger partial charge in [-0.15, -0.1) is 6.58 Å². The molecule has 0 saturated heterocycles. The number of nitrogens with zero attached hydrogens (tertiary/aromatic N) is 1. The maximum atomic E-state index is 13.9. The lowest BCUT2D eigenvalue weighted by Gasteiger charge is -2.22. The van der Waals surface area contributed by atoms with Crippen LogP contribution < -0.4 is 14.8 Å². The molecule has 1 N–H and O–H groups in total. The van der Waals surface area contributed by atoms with Gasteiger partial charge in [0.15, 0.2) is 11.5 Å². The molecule has 0 spiro atoms. The molecule has 0 saturated carbocycles. The average Bonchev–Trinajstić information content (AvgIpc) is 2.67. The summed E-state index contributed by atoms with van der Waals surface area (Å²) >= 11 is 0. The number of hydrogen-bond acceptors (Lipinski definition) is 3. The fourth-order valence-corrected chi connectivity index (χ4v) is 2.52. The van der Waals surface area contributed by atoms with Crippen molar-refractivity contribution >= 4 is 6.03 Å². The highest BCUT2D eigenvalue weighted by atomic mass is 19.3. The van der Waals surface area contributed by atoms with E-state index in [1.165, 1.54) is 36.3 Å². The Morgan fingerprint density at radius 1 is 1.25 bits per heavy atom. The number of methoxy groups -OCH3 is 1. The minimum Gasteiger partial charge on any atom is -0.493 e. The Hall–Kier alpha value is -3.16. The van der Waals surface area contributed by atoms with Gasteiger partial charge in [-0.3, -0.25) is 0 Å². The molecule has 8 heteroatoms. The van der Waals surface area contributed by atoms with Crippen LogP contribution in [-0.4, -0.2) is 31.2 Å². The van der Waals surface area contributed by atoms with Gasteiger partial charge in [0.2, 0.25) is 0 Å². The zero-order chi connectivity index (χ0) is 20.5.